The standard InChI is InChI=1S/C15H22N2O5/c1-4-21-14(19)16-11-6-7-12(13(11)10(3)8-9-18)17(16)15(20)22-5-2/h6-7,11-12,18H,4-5,8-9H2,1-3H3. The summed E-state index contributed by atoms with van der Waals surface area (Å²) in [5.74, 6) is 0. The van der Waals surface area contributed by atoms with Crippen molar-refractivity contribution in [2.45, 2.75) is 39.3 Å². The quantitative estimate of drug-likeness (QED) is 0.802. The highest BCUT2D eigenvalue weighted by Gasteiger charge is 2.51. The molecule has 2 unspecified atom stereocenters. The lowest BCUT2D eigenvalue weighted by Crippen LogP contribution is -2.52. The Labute approximate surface area is 129 Å². The Balaban J connectivity index is 2.38. The van der Waals surface area contributed by atoms with Crippen LogP contribution in [0, 0.1) is 0 Å². The van der Waals surface area contributed by atoms with Crippen LogP contribution in [0.2, 0.25) is 0 Å². The molecule has 2 bridgehead atoms. The highest BCUT2D eigenvalue weighted by molar-refractivity contribution is 5.79. The van der Waals surface area contributed by atoms with Crippen LogP contribution in [0.25, 0.3) is 0 Å². The minimum Gasteiger partial charge on any atom is -0.448 e. The van der Waals surface area contributed by atoms with Crippen LogP contribution in [-0.2, 0) is 9.47 Å². The van der Waals surface area contributed by atoms with Crippen molar-refractivity contribution < 1.29 is 24.2 Å². The van der Waals surface area contributed by atoms with Crippen molar-refractivity contribution in [1.29, 1.82) is 0 Å². The van der Waals surface area contributed by atoms with Crippen LogP contribution in [-0.4, -0.2) is 59.2 Å². The molecule has 1 heterocycles. The van der Waals surface area contributed by atoms with Gasteiger partial charge in [0, 0.05) is 6.61 Å². The second-order valence-electron chi connectivity index (χ2n) is 5.07. The number of hydrazine groups is 1. The lowest BCUT2D eigenvalue weighted by atomic mass is 10.0. The number of carbonyl (C=O) groups is 2. The highest BCUT2D eigenvalue weighted by Crippen LogP contribution is 2.40. The minimum absolute atomic E-state index is 0.0214. The van der Waals surface area contributed by atoms with E-state index in [0.29, 0.717) is 6.42 Å². The van der Waals surface area contributed by atoms with Gasteiger partial charge in [0.25, 0.3) is 0 Å². The number of nitrogens with zero attached hydrogens (tertiary/aromatic N) is 2. The maximum absolute atomic E-state index is 12.2. The Bertz CT molecular complexity index is 478. The number of aliphatic hydroxyl groups is 1. The normalized spacial score (nSPS) is 22.3. The lowest BCUT2D eigenvalue weighted by Gasteiger charge is -2.32. The third-order valence-electron chi connectivity index (χ3n) is 3.76. The van der Waals surface area contributed by atoms with E-state index in [0.717, 1.165) is 11.1 Å². The molecule has 2 aliphatic rings. The number of ether oxygens (including phenoxy) is 2. The Morgan fingerprint density at radius 2 is 1.55 bits per heavy atom. The number of aliphatic hydroxyl groups excluding tert-OH is 1. The number of amides is 2. The van der Waals surface area contributed by atoms with E-state index in [-0.39, 0.29) is 31.9 Å². The molecule has 0 radical (unpaired) electrons. The number of hydrogen-bond acceptors (Lipinski definition) is 5. The predicted octanol–water partition coefficient (Wildman–Crippen LogP) is 1.84. The van der Waals surface area contributed by atoms with Crippen LogP contribution in [0.5, 0.6) is 0 Å². The Morgan fingerprint density at radius 3 is 1.91 bits per heavy atom. The van der Waals surface area contributed by atoms with Gasteiger partial charge in [-0.25, -0.2) is 19.6 Å². The van der Waals surface area contributed by atoms with Gasteiger partial charge in [-0.15, -0.1) is 0 Å². The number of hydrogen-bond donors (Lipinski definition) is 1. The van der Waals surface area contributed by atoms with Crippen LogP contribution < -0.4 is 0 Å². The predicted molar refractivity (Wildman–Crippen MR) is 78.8 cm³/mol. The summed E-state index contributed by atoms with van der Waals surface area (Å²) < 4.78 is 10.1. The number of fused-ring (bicyclic) bond motifs is 2. The molecule has 0 aromatic carbocycles. The van der Waals surface area contributed by atoms with Gasteiger partial charge in [0.15, 0.2) is 0 Å². The maximum atomic E-state index is 12.2. The fourth-order valence-electron chi connectivity index (χ4n) is 2.89. The van der Waals surface area contributed by atoms with Crippen molar-refractivity contribution in [3.63, 3.8) is 0 Å². The van der Waals surface area contributed by atoms with Crippen LogP contribution in [0.15, 0.2) is 23.3 Å². The summed E-state index contributed by atoms with van der Waals surface area (Å²) in [6.07, 6.45) is 3.07. The van der Waals surface area contributed by atoms with Crippen LogP contribution >= 0.6 is 0 Å². The highest BCUT2D eigenvalue weighted by atomic mass is 16.6. The van der Waals surface area contributed by atoms with Gasteiger partial charge in [-0.05, 0) is 32.8 Å². The molecule has 1 aliphatic heterocycles. The van der Waals surface area contributed by atoms with Crippen LogP contribution in [0.3, 0.4) is 0 Å². The molecule has 1 N–H and O–H groups in total. The van der Waals surface area contributed by atoms with Gasteiger partial charge in [0.2, 0.25) is 0 Å². The number of rotatable bonds is 4. The average Bonchev–Trinajstić information content (AvgIpc) is 3.03. The van der Waals surface area contributed by atoms with Gasteiger partial charge in [-0.3, -0.25) is 0 Å². The first kappa shape index (κ1) is 16.4. The molecule has 2 amide bonds. The summed E-state index contributed by atoms with van der Waals surface area (Å²) in [4.78, 5) is 24.5. The van der Waals surface area contributed by atoms with Gasteiger partial charge in [-0.2, -0.15) is 0 Å². The summed E-state index contributed by atoms with van der Waals surface area (Å²) in [5, 5.41) is 11.7. The lowest BCUT2D eigenvalue weighted by molar-refractivity contribution is -0.0130. The third-order valence-corrected chi connectivity index (χ3v) is 3.76. The minimum atomic E-state index is -0.582. The second kappa shape index (κ2) is 6.83. The van der Waals surface area contributed by atoms with Crippen molar-refractivity contribution in [3.05, 3.63) is 23.3 Å². The van der Waals surface area contributed by atoms with Crippen LogP contribution in [0.4, 0.5) is 9.59 Å². The van der Waals surface area contributed by atoms with E-state index >= 15 is 0 Å². The molecule has 0 aromatic heterocycles. The molecule has 22 heavy (non-hydrogen) atoms. The first-order valence-electron chi connectivity index (χ1n) is 7.47. The summed E-state index contributed by atoms with van der Waals surface area (Å²) in [6.45, 7) is 5.79. The fraction of sp³-hybridized carbons (Fsp3) is 0.600. The van der Waals surface area contributed by atoms with E-state index in [9.17, 15) is 9.59 Å². The van der Waals surface area contributed by atoms with Crippen molar-refractivity contribution >= 4 is 12.2 Å². The van der Waals surface area contributed by atoms with E-state index in [1.165, 1.54) is 10.0 Å². The Hall–Kier alpha value is -2.02. The third kappa shape index (κ3) is 2.68. The molecule has 0 saturated carbocycles. The SMILES string of the molecule is CCOC(=O)N1C2C=CC(C2=C(C)CCO)N1C(=O)OCC. The maximum Gasteiger partial charge on any atom is 0.429 e. The van der Waals surface area contributed by atoms with Gasteiger partial charge < -0.3 is 14.6 Å². The molecule has 1 aliphatic carbocycles. The van der Waals surface area contributed by atoms with Crippen LogP contribution in [0.1, 0.15) is 27.2 Å². The summed E-state index contributed by atoms with van der Waals surface area (Å²) in [5.41, 5.74) is 1.89. The summed E-state index contributed by atoms with van der Waals surface area (Å²) in [7, 11) is 0. The second-order valence-corrected chi connectivity index (χ2v) is 5.07. The van der Waals surface area contributed by atoms with E-state index in [1.54, 1.807) is 13.8 Å². The molecule has 0 spiro atoms. The first-order chi connectivity index (χ1) is 10.6. The molecular weight excluding hydrogens is 288 g/mol. The van der Waals surface area contributed by atoms with Crippen molar-refractivity contribution in [3.8, 4) is 0 Å². The van der Waals surface area contributed by atoms with Gasteiger partial charge >= 0.3 is 12.2 Å². The summed E-state index contributed by atoms with van der Waals surface area (Å²) >= 11 is 0. The largest absolute Gasteiger partial charge is 0.448 e. The fourth-order valence-corrected chi connectivity index (χ4v) is 2.89. The molecule has 2 atom stereocenters. The molecule has 7 heteroatoms. The first-order valence-corrected chi connectivity index (χ1v) is 7.47. The van der Waals surface area contributed by atoms with E-state index in [2.05, 4.69) is 0 Å². The van der Waals surface area contributed by atoms with Gasteiger partial charge in [-0.1, -0.05) is 17.7 Å². The molecule has 122 valence electrons. The molecule has 2 rings (SSSR count). The monoisotopic (exact) mass is 310 g/mol. The van der Waals surface area contributed by atoms with Gasteiger partial charge in [0.1, 0.15) is 0 Å². The zero-order valence-electron chi connectivity index (χ0n) is 13.1. The van der Waals surface area contributed by atoms with Crippen molar-refractivity contribution in [2.24, 2.45) is 0 Å². The Kier molecular flexibility index (Phi) is 5.07. The Morgan fingerprint density at radius 1 is 1.09 bits per heavy atom. The number of carbonyl (C=O) groups excluding carboxylic acids is 2. The van der Waals surface area contributed by atoms with Gasteiger partial charge in [0.05, 0.1) is 25.3 Å². The van der Waals surface area contributed by atoms with E-state index in [1.807, 2.05) is 19.1 Å². The summed E-state index contributed by atoms with van der Waals surface area (Å²) in [6, 6.07) is -0.722. The van der Waals surface area contributed by atoms with E-state index < -0.39 is 12.2 Å². The topological polar surface area (TPSA) is 79.3 Å². The molecule has 7 nitrogen and oxygen atoms in total. The molecule has 1 fully saturated rings. The molecular formula is C15H22N2O5. The van der Waals surface area contributed by atoms with Crippen molar-refractivity contribution in [1.82, 2.24) is 10.0 Å². The average molecular weight is 310 g/mol. The van der Waals surface area contributed by atoms with Crippen molar-refractivity contribution in [2.75, 3.05) is 19.8 Å². The zero-order chi connectivity index (χ0) is 16.3. The molecule has 0 aromatic rings. The zero-order valence-corrected chi connectivity index (χ0v) is 13.1. The van der Waals surface area contributed by atoms with E-state index in [4.69, 9.17) is 14.6 Å². The molecule has 1 saturated heterocycles. The smallest absolute Gasteiger partial charge is 0.429 e.